The van der Waals surface area contributed by atoms with E-state index in [1.54, 1.807) is 13.8 Å². The molecule has 0 bridgehead atoms. The number of nitrogens with one attached hydrogen (secondary N) is 1. The van der Waals surface area contributed by atoms with Gasteiger partial charge in [-0.3, -0.25) is 14.9 Å². The first-order valence-corrected chi connectivity index (χ1v) is 10.1. The second-order valence-corrected chi connectivity index (χ2v) is 8.00. The summed E-state index contributed by atoms with van der Waals surface area (Å²) in [5, 5.41) is 13.0. The largest absolute Gasteiger partial charge is 0.423 e. The fourth-order valence-corrected chi connectivity index (χ4v) is 4.22. The van der Waals surface area contributed by atoms with Crippen LogP contribution in [0.1, 0.15) is 29.8 Å². The fourth-order valence-electron chi connectivity index (χ4n) is 2.71. The highest BCUT2D eigenvalue weighted by Gasteiger charge is 2.38. The molecule has 1 amide bonds. The van der Waals surface area contributed by atoms with Crippen LogP contribution in [0.15, 0.2) is 47.4 Å². The van der Waals surface area contributed by atoms with Gasteiger partial charge >= 0.3 is 6.18 Å². The van der Waals surface area contributed by atoms with Gasteiger partial charge in [-0.1, -0.05) is 19.9 Å². The van der Waals surface area contributed by atoms with Gasteiger partial charge in [-0.25, -0.2) is 8.42 Å². The highest BCUT2D eigenvalue weighted by atomic mass is 32.2. The summed E-state index contributed by atoms with van der Waals surface area (Å²) >= 11 is 0. The number of amides is 1. The second-order valence-electron chi connectivity index (χ2n) is 6.06. The third-order valence-electron chi connectivity index (χ3n) is 4.20. The average Bonchev–Trinajstić information content (AvgIpc) is 2.68. The molecule has 2 aromatic carbocycles. The molecule has 0 saturated heterocycles. The monoisotopic (exact) mass is 445 g/mol. The highest BCUT2D eigenvalue weighted by molar-refractivity contribution is 7.89. The molecule has 0 atom stereocenters. The van der Waals surface area contributed by atoms with Gasteiger partial charge in [-0.2, -0.15) is 17.5 Å². The predicted octanol–water partition coefficient (Wildman–Crippen LogP) is 3.90. The van der Waals surface area contributed by atoms with Gasteiger partial charge in [0.05, 0.1) is 9.82 Å². The maximum Gasteiger partial charge on any atom is 0.423 e. The smallest absolute Gasteiger partial charge is 0.322 e. The summed E-state index contributed by atoms with van der Waals surface area (Å²) in [6.07, 6.45) is -5.00. The lowest BCUT2D eigenvalue weighted by Gasteiger charge is -2.18. The number of rotatable bonds is 7. The summed E-state index contributed by atoms with van der Waals surface area (Å²) < 4.78 is 65.6. The summed E-state index contributed by atoms with van der Waals surface area (Å²) in [4.78, 5) is 22.0. The van der Waals surface area contributed by atoms with E-state index in [-0.39, 0.29) is 29.2 Å². The van der Waals surface area contributed by atoms with E-state index in [0.717, 1.165) is 12.1 Å². The SMILES string of the molecule is CCN(CC)S(=O)(=O)c1cccc(C(=O)Nc2ccc([N+](=O)[O-])c(C(F)(F)F)c2)c1. The van der Waals surface area contributed by atoms with E-state index in [1.807, 2.05) is 0 Å². The zero-order valence-corrected chi connectivity index (χ0v) is 16.7. The van der Waals surface area contributed by atoms with Crippen molar-refractivity contribution in [3.8, 4) is 0 Å². The van der Waals surface area contributed by atoms with E-state index in [2.05, 4.69) is 5.32 Å². The topological polar surface area (TPSA) is 110 Å². The molecule has 2 aromatic rings. The fraction of sp³-hybridized carbons (Fsp3) is 0.278. The Morgan fingerprint density at radius 3 is 2.30 bits per heavy atom. The number of nitrogens with zero attached hydrogens (tertiary/aromatic N) is 2. The Morgan fingerprint density at radius 1 is 1.13 bits per heavy atom. The molecule has 30 heavy (non-hydrogen) atoms. The molecule has 162 valence electrons. The van der Waals surface area contributed by atoms with Gasteiger partial charge in [0.25, 0.3) is 11.6 Å². The number of halogens is 3. The molecule has 0 aliphatic rings. The summed E-state index contributed by atoms with van der Waals surface area (Å²) in [6.45, 7) is 3.76. The quantitative estimate of drug-likeness (QED) is 0.514. The van der Waals surface area contributed by atoms with Crippen molar-refractivity contribution in [2.24, 2.45) is 0 Å². The first-order valence-electron chi connectivity index (χ1n) is 8.69. The standard InChI is InChI=1S/C18H18F3N3O5S/c1-3-23(4-2)30(28,29)14-7-5-6-12(10-14)17(25)22-13-8-9-16(24(26)27)15(11-13)18(19,20)21/h5-11H,3-4H2,1-2H3,(H,22,25). The van der Waals surface area contributed by atoms with Gasteiger partial charge in [0.15, 0.2) is 0 Å². The predicted molar refractivity (Wildman–Crippen MR) is 103 cm³/mol. The molecule has 2 rings (SSSR count). The lowest BCUT2D eigenvalue weighted by Crippen LogP contribution is -2.30. The number of hydrogen-bond donors (Lipinski definition) is 1. The van der Waals surface area contributed by atoms with Crippen molar-refractivity contribution in [1.82, 2.24) is 4.31 Å². The van der Waals surface area contributed by atoms with Crippen molar-refractivity contribution in [3.63, 3.8) is 0 Å². The molecule has 1 N–H and O–H groups in total. The Bertz CT molecular complexity index is 1070. The van der Waals surface area contributed by atoms with Gasteiger partial charge in [-0.05, 0) is 30.3 Å². The minimum Gasteiger partial charge on any atom is -0.322 e. The van der Waals surface area contributed by atoms with E-state index in [4.69, 9.17) is 0 Å². The molecule has 0 spiro atoms. The number of carbonyl (C=O) groups excluding carboxylic acids is 1. The molecule has 8 nitrogen and oxygen atoms in total. The molecule has 0 unspecified atom stereocenters. The normalized spacial score (nSPS) is 12.1. The van der Waals surface area contributed by atoms with Crippen LogP contribution in [0, 0.1) is 10.1 Å². The van der Waals surface area contributed by atoms with Crippen LogP contribution < -0.4 is 5.32 Å². The summed E-state index contributed by atoms with van der Waals surface area (Å²) in [6, 6.07) is 7.10. The van der Waals surface area contributed by atoms with Crippen LogP contribution >= 0.6 is 0 Å². The average molecular weight is 445 g/mol. The van der Waals surface area contributed by atoms with Gasteiger partial charge in [0, 0.05) is 30.4 Å². The summed E-state index contributed by atoms with van der Waals surface area (Å²) in [5.74, 6) is -0.867. The van der Waals surface area contributed by atoms with Crippen LogP contribution in [0.5, 0.6) is 0 Å². The Hall–Kier alpha value is -2.99. The van der Waals surface area contributed by atoms with Crippen LogP contribution in [-0.4, -0.2) is 36.6 Å². The van der Waals surface area contributed by atoms with Crippen LogP contribution in [0.3, 0.4) is 0 Å². The van der Waals surface area contributed by atoms with E-state index >= 15 is 0 Å². The lowest BCUT2D eigenvalue weighted by atomic mass is 10.1. The zero-order chi connectivity index (χ0) is 22.7. The molecule has 0 saturated carbocycles. The first kappa shape index (κ1) is 23.3. The number of hydrogen-bond acceptors (Lipinski definition) is 5. The highest BCUT2D eigenvalue weighted by Crippen LogP contribution is 2.37. The molecule has 0 fully saturated rings. The Balaban J connectivity index is 2.37. The minimum atomic E-state index is -5.00. The first-order chi connectivity index (χ1) is 13.9. The molecule has 0 aliphatic heterocycles. The minimum absolute atomic E-state index is 0.102. The van der Waals surface area contributed by atoms with E-state index in [1.165, 1.54) is 22.5 Å². The van der Waals surface area contributed by atoms with Crippen molar-refractivity contribution in [2.45, 2.75) is 24.9 Å². The van der Waals surface area contributed by atoms with E-state index in [9.17, 15) is 36.5 Å². The Kier molecular flexibility index (Phi) is 6.83. The molecule has 0 aliphatic carbocycles. The molecular formula is C18H18F3N3O5S. The van der Waals surface area contributed by atoms with Crippen LogP contribution in [0.2, 0.25) is 0 Å². The third-order valence-corrected chi connectivity index (χ3v) is 6.24. The van der Waals surface area contributed by atoms with Gasteiger partial charge in [0.2, 0.25) is 10.0 Å². The number of anilines is 1. The maximum atomic E-state index is 13.1. The molecular weight excluding hydrogens is 427 g/mol. The van der Waals surface area contributed by atoms with Crippen molar-refractivity contribution in [3.05, 3.63) is 63.7 Å². The van der Waals surface area contributed by atoms with Crippen LogP contribution in [0.25, 0.3) is 0 Å². The molecule has 0 heterocycles. The van der Waals surface area contributed by atoms with Gasteiger partial charge < -0.3 is 5.32 Å². The van der Waals surface area contributed by atoms with Crippen molar-refractivity contribution in [2.75, 3.05) is 18.4 Å². The summed E-state index contributed by atoms with van der Waals surface area (Å²) in [7, 11) is -3.84. The third kappa shape index (κ3) is 4.94. The van der Waals surface area contributed by atoms with Crippen LogP contribution in [0.4, 0.5) is 24.5 Å². The molecule has 12 heteroatoms. The number of nitro groups is 1. The number of sulfonamides is 1. The lowest BCUT2D eigenvalue weighted by molar-refractivity contribution is -0.388. The van der Waals surface area contributed by atoms with E-state index in [0.29, 0.717) is 12.1 Å². The zero-order valence-electron chi connectivity index (χ0n) is 15.9. The Morgan fingerprint density at radius 2 is 1.77 bits per heavy atom. The number of carbonyl (C=O) groups is 1. The van der Waals surface area contributed by atoms with Crippen molar-refractivity contribution in [1.29, 1.82) is 0 Å². The van der Waals surface area contributed by atoms with E-state index < -0.39 is 38.3 Å². The van der Waals surface area contributed by atoms with Crippen LogP contribution in [-0.2, 0) is 16.2 Å². The number of benzene rings is 2. The van der Waals surface area contributed by atoms with Crippen molar-refractivity contribution < 1.29 is 31.3 Å². The number of nitro benzene ring substituents is 1. The Labute approximate surface area is 170 Å². The second kappa shape index (κ2) is 8.79. The van der Waals surface area contributed by atoms with Gasteiger partial charge in [0.1, 0.15) is 5.56 Å². The van der Waals surface area contributed by atoms with Crippen molar-refractivity contribution >= 4 is 27.3 Å². The molecule has 0 radical (unpaired) electrons. The molecule has 0 aromatic heterocycles. The van der Waals surface area contributed by atoms with Gasteiger partial charge in [-0.15, -0.1) is 0 Å². The summed E-state index contributed by atoms with van der Waals surface area (Å²) in [5.41, 5.74) is -3.08. The maximum absolute atomic E-state index is 13.1. The number of alkyl halides is 3.